The fourth-order valence-electron chi connectivity index (χ4n) is 4.99. The summed E-state index contributed by atoms with van der Waals surface area (Å²) < 4.78 is 0. The number of carbonyl (C=O) groups is 5. The molecule has 0 saturated carbocycles. The average Bonchev–Trinajstić information content (AvgIpc) is 3.40. The summed E-state index contributed by atoms with van der Waals surface area (Å²) in [6.07, 6.45) is -0.0815. The van der Waals surface area contributed by atoms with Gasteiger partial charge in [0.2, 0.25) is 5.91 Å². The third-order valence-electron chi connectivity index (χ3n) is 6.92. The van der Waals surface area contributed by atoms with E-state index in [0.717, 1.165) is 12.8 Å². The molecular weight excluding hydrogens is 566 g/mol. The van der Waals surface area contributed by atoms with Gasteiger partial charge in [-0.2, -0.15) is 4.90 Å². The van der Waals surface area contributed by atoms with E-state index in [-0.39, 0.29) is 35.2 Å². The van der Waals surface area contributed by atoms with E-state index in [2.05, 4.69) is 4.99 Å². The summed E-state index contributed by atoms with van der Waals surface area (Å²) in [5.74, 6) is -1.84. The zero-order valence-corrected chi connectivity index (χ0v) is 23.6. The Bertz CT molecular complexity index is 1500. The molecule has 220 valence electrons. The van der Waals surface area contributed by atoms with Crippen molar-refractivity contribution >= 4 is 59.1 Å². The Hall–Kier alpha value is -4.71. The normalized spacial score (nSPS) is 14.3. The second-order valence-corrected chi connectivity index (χ2v) is 10.3. The molecular formula is C29H30ClN5O7. The van der Waals surface area contributed by atoms with Crippen LogP contribution in [0, 0.1) is 0 Å². The standard InChI is InChI=1S/C29H30ClN5O7/c1-2-9-34(16-24(31)36)27(38)20-13-19-12-17(6-8-23(19)32-25(15-20)35(28(39)40)29(41)42)21-7-5-18(14-22(21)30)26(37)33-10-3-4-11-33/h5-8,12-14H,2-4,9-11,15-16H2,1H3,(H2,31,36)(H,39,40)(H,41,42). The van der Waals surface area contributed by atoms with Gasteiger partial charge in [0.15, 0.2) is 0 Å². The predicted molar refractivity (Wildman–Crippen MR) is 156 cm³/mol. The van der Waals surface area contributed by atoms with Gasteiger partial charge < -0.3 is 25.7 Å². The average molecular weight is 596 g/mol. The molecule has 2 heterocycles. The number of rotatable bonds is 7. The van der Waals surface area contributed by atoms with Crippen LogP contribution < -0.4 is 5.73 Å². The van der Waals surface area contributed by atoms with E-state index in [9.17, 15) is 34.2 Å². The summed E-state index contributed by atoms with van der Waals surface area (Å²) in [4.78, 5) is 69.0. The van der Waals surface area contributed by atoms with Crippen LogP contribution in [0.25, 0.3) is 17.2 Å². The number of amidine groups is 1. The Labute approximate surface area is 246 Å². The van der Waals surface area contributed by atoms with Gasteiger partial charge in [-0.3, -0.25) is 14.4 Å². The van der Waals surface area contributed by atoms with Gasteiger partial charge in [-0.15, -0.1) is 0 Å². The number of hydrogen-bond acceptors (Lipinski definition) is 6. The number of halogens is 1. The van der Waals surface area contributed by atoms with Crippen LogP contribution in [0.5, 0.6) is 0 Å². The lowest BCUT2D eigenvalue weighted by Crippen LogP contribution is -2.42. The first-order valence-corrected chi connectivity index (χ1v) is 13.7. The highest BCUT2D eigenvalue weighted by molar-refractivity contribution is 6.33. The number of nitrogens with zero attached hydrogens (tertiary/aromatic N) is 4. The van der Waals surface area contributed by atoms with Crippen LogP contribution in [-0.4, -0.2) is 86.8 Å². The van der Waals surface area contributed by atoms with E-state index in [1.54, 1.807) is 41.3 Å². The van der Waals surface area contributed by atoms with E-state index in [1.165, 1.54) is 11.0 Å². The van der Waals surface area contributed by atoms with Crippen LogP contribution in [-0.2, 0) is 9.59 Å². The smallest absolute Gasteiger partial charge is 0.422 e. The fourth-order valence-corrected chi connectivity index (χ4v) is 5.28. The number of fused-ring (bicyclic) bond motifs is 1. The number of benzene rings is 2. The summed E-state index contributed by atoms with van der Waals surface area (Å²) in [6, 6.07) is 9.94. The topological polar surface area (TPSA) is 174 Å². The summed E-state index contributed by atoms with van der Waals surface area (Å²) in [5, 5.41) is 19.5. The number of nitrogens with two attached hydrogens (primary N) is 1. The molecule has 4 N–H and O–H groups in total. The maximum absolute atomic E-state index is 13.5. The van der Waals surface area contributed by atoms with Crippen molar-refractivity contribution < 1.29 is 34.2 Å². The summed E-state index contributed by atoms with van der Waals surface area (Å²) in [7, 11) is 0. The van der Waals surface area contributed by atoms with Crippen molar-refractivity contribution in [3.8, 4) is 11.1 Å². The molecule has 0 bridgehead atoms. The third-order valence-corrected chi connectivity index (χ3v) is 7.23. The van der Waals surface area contributed by atoms with Crippen molar-refractivity contribution in [1.29, 1.82) is 0 Å². The Morgan fingerprint density at radius 3 is 2.31 bits per heavy atom. The van der Waals surface area contributed by atoms with E-state index in [4.69, 9.17) is 17.3 Å². The number of primary amides is 1. The van der Waals surface area contributed by atoms with Gasteiger partial charge >= 0.3 is 12.2 Å². The molecule has 2 aliphatic rings. The van der Waals surface area contributed by atoms with Gasteiger partial charge in [-0.1, -0.05) is 30.7 Å². The van der Waals surface area contributed by atoms with Crippen molar-refractivity contribution in [3.63, 3.8) is 0 Å². The second kappa shape index (κ2) is 12.9. The molecule has 2 aromatic carbocycles. The first-order valence-electron chi connectivity index (χ1n) is 13.3. The number of aliphatic imine (C=N–C) groups is 1. The molecule has 0 unspecified atom stereocenters. The van der Waals surface area contributed by atoms with Gasteiger partial charge in [0.05, 0.1) is 12.2 Å². The monoisotopic (exact) mass is 595 g/mol. The number of carbonyl (C=O) groups excluding carboxylic acids is 3. The summed E-state index contributed by atoms with van der Waals surface area (Å²) in [5.41, 5.74) is 7.67. The highest BCUT2D eigenvalue weighted by Crippen LogP contribution is 2.36. The van der Waals surface area contributed by atoms with Crippen molar-refractivity contribution in [2.75, 3.05) is 26.2 Å². The highest BCUT2D eigenvalue weighted by atomic mass is 35.5. The second-order valence-electron chi connectivity index (χ2n) is 9.94. The van der Waals surface area contributed by atoms with Crippen molar-refractivity contribution in [3.05, 3.63) is 58.1 Å². The maximum atomic E-state index is 13.5. The Kier molecular flexibility index (Phi) is 9.26. The molecule has 0 radical (unpaired) electrons. The predicted octanol–water partition coefficient (Wildman–Crippen LogP) is 4.44. The molecule has 42 heavy (non-hydrogen) atoms. The molecule has 12 nitrogen and oxygen atoms in total. The van der Waals surface area contributed by atoms with Crippen molar-refractivity contribution in [2.24, 2.45) is 10.7 Å². The summed E-state index contributed by atoms with van der Waals surface area (Å²) >= 11 is 6.61. The number of amides is 5. The van der Waals surface area contributed by atoms with Crippen molar-refractivity contribution in [1.82, 2.24) is 14.7 Å². The minimum absolute atomic E-state index is 0.0181. The molecule has 2 aromatic rings. The maximum Gasteiger partial charge on any atom is 0.422 e. The lowest BCUT2D eigenvalue weighted by atomic mass is 9.98. The van der Waals surface area contributed by atoms with Gasteiger partial charge in [0.1, 0.15) is 5.84 Å². The van der Waals surface area contributed by atoms with Crippen LogP contribution in [0.4, 0.5) is 15.3 Å². The Morgan fingerprint density at radius 1 is 1.02 bits per heavy atom. The van der Waals surface area contributed by atoms with Crippen LogP contribution in [0.1, 0.15) is 48.5 Å². The van der Waals surface area contributed by atoms with E-state index >= 15 is 0 Å². The molecule has 0 aromatic heterocycles. The molecule has 13 heteroatoms. The van der Waals surface area contributed by atoms with Gasteiger partial charge in [-0.25, -0.2) is 14.6 Å². The lowest BCUT2D eigenvalue weighted by molar-refractivity contribution is -0.132. The lowest BCUT2D eigenvalue weighted by Gasteiger charge is -2.23. The van der Waals surface area contributed by atoms with Crippen LogP contribution in [0.3, 0.4) is 0 Å². The van der Waals surface area contributed by atoms with Crippen LogP contribution >= 0.6 is 11.6 Å². The number of likely N-dealkylation sites (tertiary alicyclic amines) is 1. The summed E-state index contributed by atoms with van der Waals surface area (Å²) in [6.45, 7) is 3.03. The third kappa shape index (κ3) is 6.60. The Balaban J connectivity index is 1.78. The quantitative estimate of drug-likeness (QED) is 0.424. The van der Waals surface area contributed by atoms with Crippen molar-refractivity contribution in [2.45, 2.75) is 32.6 Å². The molecule has 2 aliphatic heterocycles. The molecule has 0 atom stereocenters. The van der Waals surface area contributed by atoms with Crippen LogP contribution in [0.2, 0.25) is 5.02 Å². The Morgan fingerprint density at radius 2 is 1.71 bits per heavy atom. The van der Waals surface area contributed by atoms with E-state index in [0.29, 0.717) is 46.8 Å². The SMILES string of the molecule is CCCN(CC(N)=O)C(=O)C1=Cc2cc(-c3ccc(C(=O)N4CCCC4)cc3Cl)ccc2N=C(N(C(=O)O)C(=O)O)C1. The zero-order chi connectivity index (χ0) is 30.6. The first-order chi connectivity index (χ1) is 20.0. The number of imide groups is 1. The van der Waals surface area contributed by atoms with Gasteiger partial charge in [0.25, 0.3) is 11.8 Å². The minimum atomic E-state index is -1.79. The van der Waals surface area contributed by atoms with E-state index < -0.39 is 36.3 Å². The van der Waals surface area contributed by atoms with Gasteiger partial charge in [0, 0.05) is 53.3 Å². The molecule has 1 fully saturated rings. The fraction of sp³-hybridized carbons (Fsp3) is 0.310. The molecule has 5 amide bonds. The minimum Gasteiger partial charge on any atom is -0.464 e. The number of carboxylic acid groups (broad SMARTS) is 2. The molecule has 4 rings (SSSR count). The van der Waals surface area contributed by atoms with Crippen LogP contribution in [0.15, 0.2) is 47.0 Å². The first kappa shape index (κ1) is 30.3. The zero-order valence-electron chi connectivity index (χ0n) is 22.9. The van der Waals surface area contributed by atoms with Gasteiger partial charge in [-0.05, 0) is 55.2 Å². The van der Waals surface area contributed by atoms with E-state index in [1.807, 2.05) is 6.92 Å². The number of hydrogen-bond donors (Lipinski definition) is 3. The largest absolute Gasteiger partial charge is 0.464 e. The molecule has 0 spiro atoms. The highest BCUT2D eigenvalue weighted by Gasteiger charge is 2.31. The molecule has 0 aliphatic carbocycles. The molecule has 1 saturated heterocycles.